The molecular weight excluding hydrogens is 378 g/mol. The number of pyridine rings is 1. The average molecular weight is 397 g/mol. The molecule has 0 spiro atoms. The standard InChI is InChI=1S/C23H19N5O2/c24-21(29)18(15-7-3-1-4-8-15)13-16-14-26-22-20(16)19(11-12-25-22)28-23(30)27-17-9-5-2-6-10-17/h1-14H,(H2,24,29)(H3,25,26,27,28,30). The molecule has 0 radical (unpaired) electrons. The van der Waals surface area contributed by atoms with Crippen molar-refractivity contribution in [1.29, 1.82) is 0 Å². The number of carbonyl (C=O) groups excluding carboxylic acids is 2. The molecule has 0 fully saturated rings. The first-order valence-electron chi connectivity index (χ1n) is 9.28. The Morgan fingerprint density at radius 3 is 2.33 bits per heavy atom. The molecule has 0 saturated carbocycles. The van der Waals surface area contributed by atoms with Crippen molar-refractivity contribution in [3.8, 4) is 0 Å². The summed E-state index contributed by atoms with van der Waals surface area (Å²) in [6, 6.07) is 19.6. The molecule has 0 bridgehead atoms. The van der Waals surface area contributed by atoms with Crippen LogP contribution < -0.4 is 16.4 Å². The van der Waals surface area contributed by atoms with Gasteiger partial charge < -0.3 is 21.4 Å². The topological polar surface area (TPSA) is 113 Å². The van der Waals surface area contributed by atoms with Gasteiger partial charge in [0.05, 0.1) is 5.69 Å². The number of hydrogen-bond donors (Lipinski definition) is 4. The molecule has 2 aromatic heterocycles. The van der Waals surface area contributed by atoms with Crippen molar-refractivity contribution < 1.29 is 9.59 Å². The second kappa shape index (κ2) is 8.32. The molecule has 4 aromatic rings. The van der Waals surface area contributed by atoms with Gasteiger partial charge in [0, 0.05) is 34.6 Å². The van der Waals surface area contributed by atoms with Crippen molar-refractivity contribution in [2.75, 3.05) is 10.6 Å². The van der Waals surface area contributed by atoms with Crippen LogP contribution in [0, 0.1) is 0 Å². The second-order valence-corrected chi connectivity index (χ2v) is 6.56. The van der Waals surface area contributed by atoms with Crippen molar-refractivity contribution in [2.24, 2.45) is 5.73 Å². The van der Waals surface area contributed by atoms with Crippen LogP contribution in [0.5, 0.6) is 0 Å². The minimum Gasteiger partial charge on any atom is -0.366 e. The highest BCUT2D eigenvalue weighted by atomic mass is 16.2. The van der Waals surface area contributed by atoms with E-state index in [9.17, 15) is 9.59 Å². The summed E-state index contributed by atoms with van der Waals surface area (Å²) in [7, 11) is 0. The third kappa shape index (κ3) is 4.05. The lowest BCUT2D eigenvalue weighted by atomic mass is 10.0. The lowest BCUT2D eigenvalue weighted by Gasteiger charge is -2.09. The summed E-state index contributed by atoms with van der Waals surface area (Å²) in [5.74, 6) is -0.546. The number of aromatic nitrogens is 2. The number of para-hydroxylation sites is 1. The van der Waals surface area contributed by atoms with E-state index < -0.39 is 5.91 Å². The summed E-state index contributed by atoms with van der Waals surface area (Å²) in [5.41, 5.74) is 9.18. The number of benzene rings is 2. The normalized spacial score (nSPS) is 11.3. The van der Waals surface area contributed by atoms with Crippen LogP contribution >= 0.6 is 0 Å². The number of nitrogens with zero attached hydrogens (tertiary/aromatic N) is 1. The van der Waals surface area contributed by atoms with Crippen LogP contribution in [0.3, 0.4) is 0 Å². The molecule has 3 amide bonds. The molecule has 7 heteroatoms. The predicted octanol–water partition coefficient (Wildman–Crippen LogP) is 4.23. The van der Waals surface area contributed by atoms with E-state index >= 15 is 0 Å². The summed E-state index contributed by atoms with van der Waals surface area (Å²) < 4.78 is 0. The van der Waals surface area contributed by atoms with Gasteiger partial charge >= 0.3 is 6.03 Å². The maximum absolute atomic E-state index is 12.5. The Morgan fingerprint density at radius 1 is 0.933 bits per heavy atom. The molecule has 7 nitrogen and oxygen atoms in total. The van der Waals surface area contributed by atoms with Crippen molar-refractivity contribution in [3.05, 3.63) is 90.3 Å². The Morgan fingerprint density at radius 2 is 1.63 bits per heavy atom. The highest BCUT2D eigenvalue weighted by Crippen LogP contribution is 2.29. The van der Waals surface area contributed by atoms with Crippen LogP contribution in [-0.2, 0) is 4.79 Å². The average Bonchev–Trinajstić information content (AvgIpc) is 3.17. The zero-order valence-corrected chi connectivity index (χ0v) is 15.9. The lowest BCUT2D eigenvalue weighted by Crippen LogP contribution is -2.19. The number of primary amides is 1. The molecule has 0 unspecified atom stereocenters. The van der Waals surface area contributed by atoms with Crippen LogP contribution in [0.2, 0.25) is 0 Å². The maximum Gasteiger partial charge on any atom is 0.323 e. The van der Waals surface area contributed by atoms with Crippen molar-refractivity contribution >= 4 is 46.0 Å². The summed E-state index contributed by atoms with van der Waals surface area (Å²) in [5, 5.41) is 6.30. The van der Waals surface area contributed by atoms with E-state index in [1.54, 1.807) is 36.7 Å². The number of H-pyrrole nitrogens is 1. The number of fused-ring (bicyclic) bond motifs is 1. The molecule has 5 N–H and O–H groups in total. The van der Waals surface area contributed by atoms with Crippen LogP contribution in [0.1, 0.15) is 11.1 Å². The van der Waals surface area contributed by atoms with E-state index in [4.69, 9.17) is 5.73 Å². The van der Waals surface area contributed by atoms with Crippen LogP contribution in [-0.4, -0.2) is 21.9 Å². The summed E-state index contributed by atoms with van der Waals surface area (Å²) in [6.45, 7) is 0. The number of urea groups is 1. The Balaban J connectivity index is 1.70. The number of amides is 3. The van der Waals surface area contributed by atoms with E-state index in [0.29, 0.717) is 39.1 Å². The summed E-state index contributed by atoms with van der Waals surface area (Å²) in [6.07, 6.45) is 5.01. The van der Waals surface area contributed by atoms with E-state index in [1.807, 2.05) is 48.5 Å². The van der Waals surface area contributed by atoms with E-state index in [-0.39, 0.29) is 6.03 Å². The van der Waals surface area contributed by atoms with Gasteiger partial charge in [0.25, 0.3) is 0 Å². The number of nitrogens with two attached hydrogens (primary N) is 1. The zero-order chi connectivity index (χ0) is 20.9. The van der Waals surface area contributed by atoms with Crippen molar-refractivity contribution in [3.63, 3.8) is 0 Å². The first-order valence-corrected chi connectivity index (χ1v) is 9.28. The van der Waals surface area contributed by atoms with Gasteiger partial charge in [-0.2, -0.15) is 0 Å². The smallest absolute Gasteiger partial charge is 0.323 e. The molecule has 2 aromatic carbocycles. The highest BCUT2D eigenvalue weighted by Gasteiger charge is 2.14. The highest BCUT2D eigenvalue weighted by molar-refractivity contribution is 6.24. The predicted molar refractivity (Wildman–Crippen MR) is 119 cm³/mol. The number of carbonyl (C=O) groups is 2. The minimum absolute atomic E-state index is 0.361. The van der Waals surface area contributed by atoms with E-state index in [0.717, 1.165) is 0 Å². The fourth-order valence-electron chi connectivity index (χ4n) is 3.18. The van der Waals surface area contributed by atoms with Gasteiger partial charge in [0.15, 0.2) is 0 Å². The molecule has 4 rings (SSSR count). The van der Waals surface area contributed by atoms with Gasteiger partial charge in [-0.05, 0) is 29.8 Å². The second-order valence-electron chi connectivity index (χ2n) is 6.56. The number of hydrogen-bond acceptors (Lipinski definition) is 3. The number of nitrogens with one attached hydrogen (secondary N) is 3. The zero-order valence-electron chi connectivity index (χ0n) is 15.9. The maximum atomic E-state index is 12.5. The van der Waals surface area contributed by atoms with Crippen LogP contribution in [0.4, 0.5) is 16.2 Å². The van der Waals surface area contributed by atoms with Crippen LogP contribution in [0.15, 0.2) is 79.1 Å². The summed E-state index contributed by atoms with van der Waals surface area (Å²) >= 11 is 0. The molecule has 0 saturated heterocycles. The van der Waals surface area contributed by atoms with E-state index in [2.05, 4.69) is 20.6 Å². The largest absolute Gasteiger partial charge is 0.366 e. The van der Waals surface area contributed by atoms with Gasteiger partial charge in [-0.3, -0.25) is 4.79 Å². The van der Waals surface area contributed by atoms with Gasteiger partial charge in [-0.15, -0.1) is 0 Å². The van der Waals surface area contributed by atoms with Crippen molar-refractivity contribution in [2.45, 2.75) is 0 Å². The Labute approximate surface area is 172 Å². The molecule has 148 valence electrons. The number of rotatable bonds is 5. The Kier molecular flexibility index (Phi) is 5.25. The van der Waals surface area contributed by atoms with Gasteiger partial charge in [-0.25, -0.2) is 9.78 Å². The Bertz CT molecular complexity index is 1230. The van der Waals surface area contributed by atoms with Crippen LogP contribution in [0.25, 0.3) is 22.7 Å². The molecule has 0 aliphatic carbocycles. The first kappa shape index (κ1) is 18.9. The molecular formula is C23H19N5O2. The fourth-order valence-corrected chi connectivity index (χ4v) is 3.18. The number of anilines is 2. The third-order valence-electron chi connectivity index (χ3n) is 4.53. The number of aromatic amines is 1. The molecule has 0 atom stereocenters. The monoisotopic (exact) mass is 397 g/mol. The third-order valence-corrected chi connectivity index (χ3v) is 4.53. The molecule has 0 aliphatic heterocycles. The molecule has 2 heterocycles. The Hall–Kier alpha value is -4.39. The van der Waals surface area contributed by atoms with Crippen molar-refractivity contribution in [1.82, 2.24) is 9.97 Å². The lowest BCUT2D eigenvalue weighted by molar-refractivity contribution is -0.112. The SMILES string of the molecule is NC(=O)C(=Cc1c[nH]c2nccc(NC(=O)Nc3ccccc3)c12)c1ccccc1. The minimum atomic E-state index is -0.546. The molecule has 30 heavy (non-hydrogen) atoms. The van der Waals surface area contributed by atoms with E-state index in [1.165, 1.54) is 0 Å². The van der Waals surface area contributed by atoms with Gasteiger partial charge in [0.2, 0.25) is 5.91 Å². The van der Waals surface area contributed by atoms with Gasteiger partial charge in [0.1, 0.15) is 5.65 Å². The molecule has 0 aliphatic rings. The first-order chi connectivity index (χ1) is 14.6. The fraction of sp³-hybridized carbons (Fsp3) is 0. The van der Waals surface area contributed by atoms with Gasteiger partial charge in [-0.1, -0.05) is 48.5 Å². The summed E-state index contributed by atoms with van der Waals surface area (Å²) in [4.78, 5) is 31.9. The quantitative estimate of drug-likeness (QED) is 0.378.